The van der Waals surface area contributed by atoms with E-state index >= 15 is 0 Å². The third-order valence-corrected chi connectivity index (χ3v) is 7.53. The molecular formula is C15H29ClN2O3S. The molecule has 1 heterocycles. The molecule has 1 atom stereocenters. The van der Waals surface area contributed by atoms with Gasteiger partial charge < -0.3 is 10.6 Å². The summed E-state index contributed by atoms with van der Waals surface area (Å²) in [4.78, 5) is 12.4. The molecule has 2 fully saturated rings. The highest BCUT2D eigenvalue weighted by atomic mass is 35.5. The van der Waals surface area contributed by atoms with Gasteiger partial charge in [0.1, 0.15) is 5.25 Å². The van der Waals surface area contributed by atoms with Gasteiger partial charge in [0.05, 0.1) is 5.25 Å². The van der Waals surface area contributed by atoms with Crippen LogP contribution in [0.4, 0.5) is 0 Å². The molecule has 1 saturated heterocycles. The lowest BCUT2D eigenvalue weighted by Crippen LogP contribution is -2.52. The second kappa shape index (κ2) is 8.50. The van der Waals surface area contributed by atoms with Crippen molar-refractivity contribution in [3.05, 3.63) is 0 Å². The summed E-state index contributed by atoms with van der Waals surface area (Å²) in [6.07, 6.45) is 4.46. The van der Waals surface area contributed by atoms with Crippen LogP contribution in [0.2, 0.25) is 0 Å². The summed E-state index contributed by atoms with van der Waals surface area (Å²) >= 11 is 0. The van der Waals surface area contributed by atoms with Crippen LogP contribution in [0.25, 0.3) is 0 Å². The first-order chi connectivity index (χ1) is 9.93. The Balaban J connectivity index is 0.00000242. The number of nitrogens with one attached hydrogen (secondary N) is 2. The zero-order valence-electron chi connectivity index (χ0n) is 13.5. The lowest BCUT2D eigenvalue weighted by molar-refractivity contribution is -0.121. The highest BCUT2D eigenvalue weighted by molar-refractivity contribution is 7.93. The summed E-state index contributed by atoms with van der Waals surface area (Å²) in [5.41, 5.74) is 0. The summed E-state index contributed by atoms with van der Waals surface area (Å²) in [7, 11) is -3.39. The van der Waals surface area contributed by atoms with Crippen LogP contribution < -0.4 is 10.6 Å². The summed E-state index contributed by atoms with van der Waals surface area (Å²) in [5.74, 6) is -0.0435. The molecule has 2 aliphatic rings. The molecule has 0 aromatic heterocycles. The van der Waals surface area contributed by atoms with Crippen molar-refractivity contribution in [2.75, 3.05) is 19.6 Å². The van der Waals surface area contributed by atoms with E-state index in [1.165, 1.54) is 0 Å². The van der Waals surface area contributed by atoms with Gasteiger partial charge in [-0.25, -0.2) is 8.42 Å². The number of hydrogen-bond donors (Lipinski definition) is 2. The van der Waals surface area contributed by atoms with E-state index in [0.29, 0.717) is 25.3 Å². The molecule has 7 heteroatoms. The number of carbonyl (C=O) groups excluding carboxylic acids is 1. The zero-order chi connectivity index (χ0) is 15.5. The Morgan fingerprint density at radius 2 is 1.77 bits per heavy atom. The number of sulfone groups is 1. The maximum atomic E-state index is 12.8. The predicted molar refractivity (Wildman–Crippen MR) is 91.0 cm³/mol. The molecule has 1 aliphatic carbocycles. The first-order valence-corrected chi connectivity index (χ1v) is 9.75. The van der Waals surface area contributed by atoms with Crippen molar-refractivity contribution in [3.63, 3.8) is 0 Å². The van der Waals surface area contributed by atoms with Crippen LogP contribution in [0.3, 0.4) is 0 Å². The molecule has 0 aromatic carbocycles. The summed E-state index contributed by atoms with van der Waals surface area (Å²) < 4.78 is 25.6. The second-order valence-electron chi connectivity index (χ2n) is 6.78. The van der Waals surface area contributed by atoms with Crippen molar-refractivity contribution < 1.29 is 13.2 Å². The van der Waals surface area contributed by atoms with Gasteiger partial charge in [0.25, 0.3) is 0 Å². The quantitative estimate of drug-likeness (QED) is 0.760. The molecule has 0 spiro atoms. The van der Waals surface area contributed by atoms with E-state index in [1.807, 2.05) is 13.8 Å². The lowest BCUT2D eigenvalue weighted by Gasteiger charge is -2.30. The normalized spacial score (nSPS) is 21.8. The molecule has 2 rings (SSSR count). The van der Waals surface area contributed by atoms with Gasteiger partial charge in [-0.3, -0.25) is 4.79 Å². The van der Waals surface area contributed by atoms with Gasteiger partial charge in [-0.05, 0) is 18.8 Å². The van der Waals surface area contributed by atoms with Gasteiger partial charge in [-0.15, -0.1) is 12.4 Å². The zero-order valence-corrected chi connectivity index (χ0v) is 15.1. The number of hydrogen-bond acceptors (Lipinski definition) is 4. The van der Waals surface area contributed by atoms with E-state index in [1.54, 1.807) is 0 Å². The topological polar surface area (TPSA) is 75.3 Å². The Kier molecular flexibility index (Phi) is 7.62. The average molecular weight is 353 g/mol. The van der Waals surface area contributed by atoms with Crippen molar-refractivity contribution in [2.24, 2.45) is 11.8 Å². The van der Waals surface area contributed by atoms with Crippen LogP contribution in [0.1, 0.15) is 46.0 Å². The van der Waals surface area contributed by atoms with Gasteiger partial charge >= 0.3 is 0 Å². The van der Waals surface area contributed by atoms with Crippen LogP contribution in [-0.2, 0) is 14.6 Å². The fourth-order valence-corrected chi connectivity index (χ4v) is 5.82. The molecule has 130 valence electrons. The third kappa shape index (κ3) is 4.59. The standard InChI is InChI=1S/C15H28N2O3S.ClH/c1-11(2)14(15(18)17-10-12-8-16-9-12)21(19,20)13-6-4-3-5-7-13;/h11-14,16H,3-10H2,1-2H3,(H,17,18);1H. The van der Waals surface area contributed by atoms with Crippen molar-refractivity contribution in [3.8, 4) is 0 Å². The van der Waals surface area contributed by atoms with Gasteiger partial charge in [0.15, 0.2) is 9.84 Å². The van der Waals surface area contributed by atoms with E-state index in [0.717, 1.165) is 32.4 Å². The molecular weight excluding hydrogens is 324 g/mol. The van der Waals surface area contributed by atoms with Gasteiger partial charge in [-0.1, -0.05) is 33.1 Å². The SMILES string of the molecule is CC(C)C(C(=O)NCC1CNC1)S(=O)(=O)C1CCCCC1.Cl. The summed E-state index contributed by atoms with van der Waals surface area (Å²) in [5, 5.41) is 4.78. The molecule has 0 aromatic rings. The second-order valence-corrected chi connectivity index (χ2v) is 9.14. The maximum Gasteiger partial charge on any atom is 0.238 e. The highest BCUT2D eigenvalue weighted by Gasteiger charge is 2.41. The lowest BCUT2D eigenvalue weighted by atomic mass is 10.0. The monoisotopic (exact) mass is 352 g/mol. The molecule has 0 radical (unpaired) electrons. The van der Waals surface area contributed by atoms with Crippen molar-refractivity contribution in [2.45, 2.75) is 56.5 Å². The van der Waals surface area contributed by atoms with Gasteiger partial charge in [-0.2, -0.15) is 0 Å². The molecule has 5 nitrogen and oxygen atoms in total. The molecule has 22 heavy (non-hydrogen) atoms. The minimum absolute atomic E-state index is 0. The van der Waals surface area contributed by atoms with Crippen molar-refractivity contribution >= 4 is 28.2 Å². The summed E-state index contributed by atoms with van der Waals surface area (Å²) in [6, 6.07) is 0. The first-order valence-electron chi connectivity index (χ1n) is 8.14. The smallest absolute Gasteiger partial charge is 0.238 e. The number of rotatable bonds is 6. The Hall–Kier alpha value is -0.330. The van der Waals surface area contributed by atoms with Crippen LogP contribution in [0, 0.1) is 11.8 Å². The Labute approximate surface area is 140 Å². The Morgan fingerprint density at radius 3 is 2.23 bits per heavy atom. The van der Waals surface area contributed by atoms with E-state index < -0.39 is 15.1 Å². The van der Waals surface area contributed by atoms with Crippen LogP contribution >= 0.6 is 12.4 Å². The maximum absolute atomic E-state index is 12.8. The molecule has 1 amide bonds. The fourth-order valence-electron chi connectivity index (χ4n) is 3.27. The Bertz CT molecular complexity index is 457. The molecule has 1 aliphatic heterocycles. The summed E-state index contributed by atoms with van der Waals surface area (Å²) in [6.45, 7) is 6.05. The fraction of sp³-hybridized carbons (Fsp3) is 0.933. The van der Waals surface area contributed by atoms with Gasteiger partial charge in [0, 0.05) is 25.6 Å². The first kappa shape index (κ1) is 19.7. The predicted octanol–water partition coefficient (Wildman–Crippen LogP) is 1.52. The number of amides is 1. The van der Waals surface area contributed by atoms with Crippen LogP contribution in [0.5, 0.6) is 0 Å². The average Bonchev–Trinajstić information content (AvgIpc) is 2.37. The number of halogens is 1. The molecule has 1 saturated carbocycles. The van der Waals surface area contributed by atoms with E-state index in [9.17, 15) is 13.2 Å². The minimum atomic E-state index is -3.39. The molecule has 2 N–H and O–H groups in total. The van der Waals surface area contributed by atoms with E-state index in [-0.39, 0.29) is 29.5 Å². The van der Waals surface area contributed by atoms with Crippen LogP contribution in [0.15, 0.2) is 0 Å². The third-order valence-electron chi connectivity index (χ3n) is 4.67. The highest BCUT2D eigenvalue weighted by Crippen LogP contribution is 2.29. The molecule has 1 unspecified atom stereocenters. The van der Waals surface area contributed by atoms with Crippen molar-refractivity contribution in [1.29, 1.82) is 0 Å². The van der Waals surface area contributed by atoms with Crippen LogP contribution in [-0.4, -0.2) is 44.5 Å². The van der Waals surface area contributed by atoms with Gasteiger partial charge in [0.2, 0.25) is 5.91 Å². The van der Waals surface area contributed by atoms with E-state index in [4.69, 9.17) is 0 Å². The van der Waals surface area contributed by atoms with Crippen molar-refractivity contribution in [1.82, 2.24) is 10.6 Å². The largest absolute Gasteiger partial charge is 0.355 e. The minimum Gasteiger partial charge on any atom is -0.355 e. The molecule has 0 bridgehead atoms. The van der Waals surface area contributed by atoms with E-state index in [2.05, 4.69) is 10.6 Å². The Morgan fingerprint density at radius 1 is 1.18 bits per heavy atom. The number of carbonyl (C=O) groups is 1.